The molecule has 1 spiro atoms. The lowest BCUT2D eigenvalue weighted by molar-refractivity contribution is -0.143. The van der Waals surface area contributed by atoms with Gasteiger partial charge in [-0.25, -0.2) is 0 Å². The number of fused-ring (bicyclic) bond motifs is 1. The summed E-state index contributed by atoms with van der Waals surface area (Å²) in [4.78, 5) is 42.3. The maximum absolute atomic E-state index is 13.9. The Labute approximate surface area is 198 Å². The zero-order chi connectivity index (χ0) is 24.1. The third-order valence-corrected chi connectivity index (χ3v) is 9.65. The molecule has 0 radical (unpaired) electrons. The Hall–Kier alpha value is -2.26. The van der Waals surface area contributed by atoms with Gasteiger partial charge in [0.2, 0.25) is 17.7 Å². The fourth-order valence-electron chi connectivity index (χ4n) is 6.08. The number of rotatable bonds is 7. The number of nitrogens with one attached hydrogen (secondary N) is 2. The largest absolute Gasteiger partial charge is 0.497 e. The number of amides is 3. The number of benzene rings is 1. The first-order valence-electron chi connectivity index (χ1n) is 11.4. The predicted octanol–water partition coefficient (Wildman–Crippen LogP) is 1.88. The summed E-state index contributed by atoms with van der Waals surface area (Å²) in [6.45, 7) is 5.65. The van der Waals surface area contributed by atoms with E-state index in [0.29, 0.717) is 17.9 Å². The molecule has 3 heterocycles. The molecule has 1 aromatic rings. The third kappa shape index (κ3) is 3.51. The van der Waals surface area contributed by atoms with Gasteiger partial charge in [-0.3, -0.25) is 14.4 Å². The van der Waals surface area contributed by atoms with Crippen LogP contribution in [0.1, 0.15) is 33.6 Å². The summed E-state index contributed by atoms with van der Waals surface area (Å²) < 4.78 is 4.08. The Morgan fingerprint density at radius 3 is 2.45 bits per heavy atom. The first kappa shape index (κ1) is 23.9. The lowest BCUT2D eigenvalue weighted by Gasteiger charge is -2.38. The number of hydrogen-bond donors (Lipinski definition) is 3. The van der Waals surface area contributed by atoms with E-state index >= 15 is 0 Å². The molecule has 2 bridgehead atoms. The van der Waals surface area contributed by atoms with Crippen LogP contribution in [-0.2, 0) is 14.4 Å². The van der Waals surface area contributed by atoms with E-state index in [4.69, 9.17) is 4.74 Å². The summed E-state index contributed by atoms with van der Waals surface area (Å²) in [5.41, 5.74) is 0.602. The van der Waals surface area contributed by atoms with Crippen LogP contribution in [0.3, 0.4) is 0 Å². The van der Waals surface area contributed by atoms with Gasteiger partial charge in [-0.15, -0.1) is 11.8 Å². The highest BCUT2D eigenvalue weighted by Gasteiger charge is 2.77. The molecule has 9 heteroatoms. The number of aliphatic hydroxyl groups excluding tert-OH is 1. The average Bonchev–Trinajstić information content (AvgIpc) is 3.35. The molecule has 1 aromatic carbocycles. The quantitative estimate of drug-likeness (QED) is 0.556. The summed E-state index contributed by atoms with van der Waals surface area (Å²) in [6, 6.07) is 5.74. The Bertz CT molecular complexity index is 954. The van der Waals surface area contributed by atoms with Gasteiger partial charge >= 0.3 is 0 Å². The SMILES string of the molecule is CNC(=O)[C@@H]1[C@H]2C(=O)N([C@@H](CO)C(C)C)C(C(=O)Nc3ccc(OC)cc3)C23CC[C@@]1(C)S3. The first-order valence-corrected chi connectivity index (χ1v) is 12.2. The number of nitrogens with zero attached hydrogens (tertiary/aromatic N) is 1. The first-order chi connectivity index (χ1) is 15.6. The van der Waals surface area contributed by atoms with E-state index in [1.54, 1.807) is 55.1 Å². The number of thioether (sulfide) groups is 1. The van der Waals surface area contributed by atoms with Gasteiger partial charge in [0, 0.05) is 17.5 Å². The fourth-order valence-corrected chi connectivity index (χ4v) is 8.42. The van der Waals surface area contributed by atoms with E-state index in [9.17, 15) is 19.5 Å². The van der Waals surface area contributed by atoms with E-state index in [0.717, 1.165) is 6.42 Å². The number of anilines is 1. The summed E-state index contributed by atoms with van der Waals surface area (Å²) in [7, 11) is 3.16. The summed E-state index contributed by atoms with van der Waals surface area (Å²) in [6.07, 6.45) is 1.43. The zero-order valence-corrected chi connectivity index (χ0v) is 20.6. The van der Waals surface area contributed by atoms with Crippen LogP contribution in [0.15, 0.2) is 24.3 Å². The molecule has 0 saturated carbocycles. The number of ether oxygens (including phenoxy) is 1. The van der Waals surface area contributed by atoms with Gasteiger partial charge in [-0.05, 0) is 49.9 Å². The standard InChI is InChI=1S/C24H33N3O5S/c1-13(2)16(12-28)27-19(21(30)26-14-6-8-15(32-5)9-7-14)24-11-10-23(3,33-24)17(20(29)25-4)18(24)22(27)31/h6-9,13,16-19,28H,10-12H2,1-5H3,(H,25,29)(H,26,30)/t16-,17-,18-,19?,23+,24?/m0/s1. The van der Waals surface area contributed by atoms with Crippen molar-refractivity contribution in [2.75, 3.05) is 26.1 Å². The number of carbonyl (C=O) groups excluding carboxylic acids is 3. The molecule has 3 fully saturated rings. The third-order valence-electron chi connectivity index (χ3n) is 7.66. The molecule has 4 rings (SSSR count). The number of likely N-dealkylation sites (tertiary alicyclic amines) is 1. The van der Waals surface area contributed by atoms with Crippen LogP contribution in [0.4, 0.5) is 5.69 Å². The smallest absolute Gasteiger partial charge is 0.248 e. The topological polar surface area (TPSA) is 108 Å². The van der Waals surface area contributed by atoms with Crippen LogP contribution < -0.4 is 15.4 Å². The van der Waals surface area contributed by atoms with Crippen molar-refractivity contribution in [2.24, 2.45) is 17.8 Å². The van der Waals surface area contributed by atoms with Crippen LogP contribution in [0, 0.1) is 17.8 Å². The van der Waals surface area contributed by atoms with Crippen LogP contribution in [0.5, 0.6) is 5.75 Å². The van der Waals surface area contributed by atoms with Gasteiger partial charge in [0.15, 0.2) is 0 Å². The predicted molar refractivity (Wildman–Crippen MR) is 127 cm³/mol. The van der Waals surface area contributed by atoms with Crippen molar-refractivity contribution in [2.45, 2.75) is 55.2 Å². The highest BCUT2D eigenvalue weighted by atomic mass is 32.2. The fraction of sp³-hybridized carbons (Fsp3) is 0.625. The minimum absolute atomic E-state index is 0.0540. The van der Waals surface area contributed by atoms with Gasteiger partial charge in [0.05, 0.1) is 36.3 Å². The second-order valence-electron chi connectivity index (χ2n) is 9.80. The highest BCUT2D eigenvalue weighted by molar-refractivity contribution is 8.02. The second kappa shape index (κ2) is 8.51. The number of carbonyl (C=O) groups is 3. The molecule has 8 nitrogen and oxygen atoms in total. The number of aliphatic hydroxyl groups is 1. The molecule has 6 atom stereocenters. The van der Waals surface area contributed by atoms with Crippen molar-refractivity contribution in [3.05, 3.63) is 24.3 Å². The van der Waals surface area contributed by atoms with Crippen LogP contribution in [0.2, 0.25) is 0 Å². The molecule has 0 aromatic heterocycles. The van der Waals surface area contributed by atoms with Gasteiger partial charge in [0.25, 0.3) is 0 Å². The van der Waals surface area contributed by atoms with Crippen molar-refractivity contribution >= 4 is 35.2 Å². The summed E-state index contributed by atoms with van der Waals surface area (Å²) in [5.74, 6) is -1.14. The maximum atomic E-state index is 13.9. The minimum atomic E-state index is -0.780. The van der Waals surface area contributed by atoms with Crippen molar-refractivity contribution < 1.29 is 24.2 Å². The van der Waals surface area contributed by atoms with Crippen molar-refractivity contribution in [1.29, 1.82) is 0 Å². The molecule has 3 amide bonds. The zero-order valence-electron chi connectivity index (χ0n) is 19.8. The molecule has 3 N–H and O–H groups in total. The molecule has 0 aliphatic carbocycles. The van der Waals surface area contributed by atoms with Crippen LogP contribution in [0.25, 0.3) is 0 Å². The number of hydrogen-bond acceptors (Lipinski definition) is 6. The van der Waals surface area contributed by atoms with E-state index in [1.807, 2.05) is 20.8 Å². The van der Waals surface area contributed by atoms with Gasteiger partial charge in [-0.1, -0.05) is 13.8 Å². The second-order valence-corrected chi connectivity index (χ2v) is 11.7. The van der Waals surface area contributed by atoms with Crippen molar-refractivity contribution in [1.82, 2.24) is 10.2 Å². The maximum Gasteiger partial charge on any atom is 0.248 e. The molecule has 33 heavy (non-hydrogen) atoms. The van der Waals surface area contributed by atoms with E-state index in [-0.39, 0.29) is 30.2 Å². The van der Waals surface area contributed by atoms with E-state index in [1.165, 1.54) is 0 Å². The van der Waals surface area contributed by atoms with Crippen molar-refractivity contribution in [3.8, 4) is 5.75 Å². The molecular weight excluding hydrogens is 442 g/mol. The van der Waals surface area contributed by atoms with Gasteiger partial charge in [-0.2, -0.15) is 0 Å². The molecule has 2 unspecified atom stereocenters. The van der Waals surface area contributed by atoms with Gasteiger partial charge in [0.1, 0.15) is 11.8 Å². The normalized spacial score (nSPS) is 33.2. The molecular formula is C24H33N3O5S. The lowest BCUT2D eigenvalue weighted by atomic mass is 9.66. The van der Waals surface area contributed by atoms with E-state index in [2.05, 4.69) is 10.6 Å². The molecule has 3 aliphatic rings. The lowest BCUT2D eigenvalue weighted by Crippen LogP contribution is -2.56. The van der Waals surface area contributed by atoms with Crippen molar-refractivity contribution in [3.63, 3.8) is 0 Å². The minimum Gasteiger partial charge on any atom is -0.497 e. The van der Waals surface area contributed by atoms with Crippen LogP contribution in [-0.4, -0.2) is 70.1 Å². The molecule has 3 aliphatic heterocycles. The molecule has 3 saturated heterocycles. The highest BCUT2D eigenvalue weighted by Crippen LogP contribution is 2.71. The van der Waals surface area contributed by atoms with Gasteiger partial charge < -0.3 is 25.4 Å². The Kier molecular flexibility index (Phi) is 6.16. The number of methoxy groups -OCH3 is 1. The summed E-state index contributed by atoms with van der Waals surface area (Å²) in [5, 5.41) is 15.9. The average molecular weight is 476 g/mol. The monoisotopic (exact) mass is 475 g/mol. The Morgan fingerprint density at radius 2 is 1.91 bits per heavy atom. The van der Waals surface area contributed by atoms with Crippen LogP contribution >= 0.6 is 11.8 Å². The Balaban J connectivity index is 1.77. The van der Waals surface area contributed by atoms with E-state index < -0.39 is 33.4 Å². The molecule has 180 valence electrons. The summed E-state index contributed by atoms with van der Waals surface area (Å²) >= 11 is 1.62. The Morgan fingerprint density at radius 1 is 1.24 bits per heavy atom.